The van der Waals surface area contributed by atoms with Crippen molar-refractivity contribution in [1.29, 1.82) is 0 Å². The fourth-order valence-electron chi connectivity index (χ4n) is 1.34. The van der Waals surface area contributed by atoms with Crippen LogP contribution in [0.15, 0.2) is 18.3 Å². The van der Waals surface area contributed by atoms with Crippen molar-refractivity contribution in [3.63, 3.8) is 0 Å². The van der Waals surface area contributed by atoms with Crippen molar-refractivity contribution < 1.29 is 5.11 Å². The number of pyridine rings is 1. The van der Waals surface area contributed by atoms with Crippen molar-refractivity contribution in [2.24, 2.45) is 5.73 Å². The standard InChI is InChI=1S/C10H17N3O/c1-13(2)9(7-11)5-8-3-4-12-10(14)6-8/h3-4,6,9H,5,7,11H2,1-2H3,(H,12,14)/t9-/m0/s1. The summed E-state index contributed by atoms with van der Waals surface area (Å²) in [5.41, 5.74) is 6.70. The fraction of sp³-hybridized carbons (Fsp3) is 0.500. The second-order valence-corrected chi connectivity index (χ2v) is 3.58. The Morgan fingerprint density at radius 1 is 1.57 bits per heavy atom. The number of aromatic nitrogens is 1. The Morgan fingerprint density at radius 3 is 2.79 bits per heavy atom. The van der Waals surface area contributed by atoms with Gasteiger partial charge in [0.2, 0.25) is 5.88 Å². The molecule has 1 aromatic rings. The summed E-state index contributed by atoms with van der Waals surface area (Å²) in [5.74, 6) is 0.0667. The van der Waals surface area contributed by atoms with Crippen molar-refractivity contribution in [3.8, 4) is 5.88 Å². The van der Waals surface area contributed by atoms with Crippen LogP contribution < -0.4 is 5.73 Å². The van der Waals surface area contributed by atoms with E-state index in [4.69, 9.17) is 5.73 Å². The van der Waals surface area contributed by atoms with Crippen LogP contribution in [-0.4, -0.2) is 41.7 Å². The molecule has 0 aliphatic rings. The molecule has 1 aromatic heterocycles. The third-order valence-corrected chi connectivity index (χ3v) is 2.28. The number of nitrogens with two attached hydrogens (primary N) is 1. The van der Waals surface area contributed by atoms with E-state index in [0.717, 1.165) is 12.0 Å². The van der Waals surface area contributed by atoms with Gasteiger partial charge in [0.05, 0.1) is 0 Å². The van der Waals surface area contributed by atoms with Gasteiger partial charge in [-0.3, -0.25) is 0 Å². The molecule has 0 fully saturated rings. The predicted molar refractivity (Wildman–Crippen MR) is 56.1 cm³/mol. The molecular weight excluding hydrogens is 178 g/mol. The van der Waals surface area contributed by atoms with E-state index in [1.165, 1.54) is 0 Å². The average Bonchev–Trinajstić information content (AvgIpc) is 2.14. The summed E-state index contributed by atoms with van der Waals surface area (Å²) in [4.78, 5) is 5.81. The van der Waals surface area contributed by atoms with Gasteiger partial charge in [-0.05, 0) is 32.1 Å². The highest BCUT2D eigenvalue weighted by Crippen LogP contribution is 2.10. The maximum Gasteiger partial charge on any atom is 0.210 e. The van der Waals surface area contributed by atoms with Crippen molar-refractivity contribution in [3.05, 3.63) is 23.9 Å². The monoisotopic (exact) mass is 195 g/mol. The largest absolute Gasteiger partial charge is 0.493 e. The third-order valence-electron chi connectivity index (χ3n) is 2.28. The summed E-state index contributed by atoms with van der Waals surface area (Å²) >= 11 is 0. The number of hydrogen-bond acceptors (Lipinski definition) is 4. The van der Waals surface area contributed by atoms with E-state index in [1.54, 1.807) is 12.3 Å². The fourth-order valence-corrected chi connectivity index (χ4v) is 1.34. The summed E-state index contributed by atoms with van der Waals surface area (Å²) < 4.78 is 0. The van der Waals surface area contributed by atoms with Gasteiger partial charge in [0.25, 0.3) is 0 Å². The molecule has 4 heteroatoms. The summed E-state index contributed by atoms with van der Waals surface area (Å²) in [6.45, 7) is 0.607. The molecule has 1 atom stereocenters. The van der Waals surface area contributed by atoms with Crippen LogP contribution in [0, 0.1) is 0 Å². The van der Waals surface area contributed by atoms with Gasteiger partial charge in [0.15, 0.2) is 0 Å². The lowest BCUT2D eigenvalue weighted by Gasteiger charge is -2.22. The topological polar surface area (TPSA) is 62.4 Å². The van der Waals surface area contributed by atoms with E-state index < -0.39 is 0 Å². The van der Waals surface area contributed by atoms with E-state index in [1.807, 2.05) is 20.2 Å². The molecule has 0 radical (unpaired) electrons. The zero-order valence-corrected chi connectivity index (χ0v) is 8.64. The molecule has 1 rings (SSSR count). The summed E-state index contributed by atoms with van der Waals surface area (Å²) in [7, 11) is 4.00. The molecule has 0 saturated heterocycles. The van der Waals surface area contributed by atoms with Crippen LogP contribution >= 0.6 is 0 Å². The van der Waals surface area contributed by atoms with Gasteiger partial charge in [-0.2, -0.15) is 0 Å². The van der Waals surface area contributed by atoms with Gasteiger partial charge in [0.1, 0.15) is 0 Å². The van der Waals surface area contributed by atoms with E-state index in [9.17, 15) is 5.11 Å². The first kappa shape index (κ1) is 10.9. The van der Waals surface area contributed by atoms with Gasteiger partial charge in [0, 0.05) is 24.8 Å². The predicted octanol–water partition coefficient (Wildman–Crippen LogP) is 0.219. The SMILES string of the molecule is CN(C)[C@H](CN)Cc1ccnc(O)c1. The number of nitrogens with zero attached hydrogens (tertiary/aromatic N) is 2. The molecule has 0 unspecified atom stereocenters. The zero-order chi connectivity index (χ0) is 10.6. The Hall–Kier alpha value is -1.13. The highest BCUT2D eigenvalue weighted by atomic mass is 16.3. The van der Waals surface area contributed by atoms with Gasteiger partial charge in [-0.25, -0.2) is 4.98 Å². The summed E-state index contributed by atoms with van der Waals surface area (Å²) in [5, 5.41) is 9.18. The first-order chi connectivity index (χ1) is 6.63. The number of aromatic hydroxyl groups is 1. The Morgan fingerprint density at radius 2 is 2.29 bits per heavy atom. The minimum absolute atomic E-state index is 0.0667. The molecule has 1 heterocycles. The minimum Gasteiger partial charge on any atom is -0.493 e. The summed E-state index contributed by atoms with van der Waals surface area (Å²) in [6, 6.07) is 3.87. The van der Waals surface area contributed by atoms with Crippen LogP contribution in [0.2, 0.25) is 0 Å². The third kappa shape index (κ3) is 2.97. The molecule has 0 spiro atoms. The van der Waals surface area contributed by atoms with Crippen molar-refractivity contribution >= 4 is 0 Å². The van der Waals surface area contributed by atoms with Crippen LogP contribution in [0.25, 0.3) is 0 Å². The smallest absolute Gasteiger partial charge is 0.210 e. The first-order valence-corrected chi connectivity index (χ1v) is 4.64. The van der Waals surface area contributed by atoms with Crippen molar-refractivity contribution in [1.82, 2.24) is 9.88 Å². The maximum atomic E-state index is 9.18. The molecule has 0 amide bonds. The number of hydrogen-bond donors (Lipinski definition) is 2. The van der Waals surface area contributed by atoms with Gasteiger partial charge in [-0.15, -0.1) is 0 Å². The van der Waals surface area contributed by atoms with E-state index in [2.05, 4.69) is 9.88 Å². The minimum atomic E-state index is 0.0667. The molecule has 0 aromatic carbocycles. The highest BCUT2D eigenvalue weighted by molar-refractivity contribution is 5.20. The van der Waals surface area contributed by atoms with Crippen LogP contribution in [0.1, 0.15) is 5.56 Å². The Labute approximate surface area is 84.4 Å². The normalized spacial score (nSPS) is 13.1. The first-order valence-electron chi connectivity index (χ1n) is 4.64. The molecule has 0 aliphatic heterocycles. The quantitative estimate of drug-likeness (QED) is 0.721. The molecule has 0 bridgehead atoms. The van der Waals surface area contributed by atoms with Crippen LogP contribution in [0.3, 0.4) is 0 Å². The van der Waals surface area contributed by atoms with Gasteiger partial charge >= 0.3 is 0 Å². The van der Waals surface area contributed by atoms with Crippen LogP contribution in [-0.2, 0) is 6.42 Å². The van der Waals surface area contributed by atoms with E-state index in [0.29, 0.717) is 12.6 Å². The van der Waals surface area contributed by atoms with Gasteiger partial charge in [-0.1, -0.05) is 0 Å². The Balaban J connectivity index is 2.67. The maximum absolute atomic E-state index is 9.18. The van der Waals surface area contributed by atoms with Crippen molar-refractivity contribution in [2.45, 2.75) is 12.5 Å². The molecule has 4 nitrogen and oxygen atoms in total. The highest BCUT2D eigenvalue weighted by Gasteiger charge is 2.10. The van der Waals surface area contributed by atoms with Gasteiger partial charge < -0.3 is 15.7 Å². The lowest BCUT2D eigenvalue weighted by Crippen LogP contribution is -2.36. The van der Waals surface area contributed by atoms with E-state index in [-0.39, 0.29) is 5.88 Å². The lowest BCUT2D eigenvalue weighted by atomic mass is 10.1. The van der Waals surface area contributed by atoms with Crippen LogP contribution in [0.5, 0.6) is 5.88 Å². The summed E-state index contributed by atoms with van der Waals surface area (Å²) in [6.07, 6.45) is 2.44. The molecule has 3 N–H and O–H groups in total. The second kappa shape index (κ2) is 4.93. The molecular formula is C10H17N3O. The molecule has 0 aliphatic carbocycles. The number of likely N-dealkylation sites (N-methyl/N-ethyl adjacent to an activating group) is 1. The zero-order valence-electron chi connectivity index (χ0n) is 8.64. The molecule has 0 saturated carbocycles. The van der Waals surface area contributed by atoms with Crippen LogP contribution in [0.4, 0.5) is 0 Å². The Kier molecular flexibility index (Phi) is 3.85. The average molecular weight is 195 g/mol. The van der Waals surface area contributed by atoms with Crippen molar-refractivity contribution in [2.75, 3.05) is 20.6 Å². The Bertz CT molecular complexity index is 288. The second-order valence-electron chi connectivity index (χ2n) is 3.58. The molecule has 14 heavy (non-hydrogen) atoms. The number of rotatable bonds is 4. The molecule has 78 valence electrons. The van der Waals surface area contributed by atoms with E-state index >= 15 is 0 Å². The lowest BCUT2D eigenvalue weighted by molar-refractivity contribution is 0.297.